The number of nitrogens with zero attached hydrogens (tertiary/aromatic N) is 1. The van der Waals surface area contributed by atoms with Crippen LogP contribution >= 0.6 is 23.2 Å². The lowest BCUT2D eigenvalue weighted by Crippen LogP contribution is -2.46. The molecule has 0 aliphatic carbocycles. The van der Waals surface area contributed by atoms with Crippen molar-refractivity contribution in [2.75, 3.05) is 6.54 Å². The van der Waals surface area contributed by atoms with Crippen molar-refractivity contribution in [1.29, 1.82) is 0 Å². The first-order chi connectivity index (χ1) is 11.7. The highest BCUT2D eigenvalue weighted by atomic mass is 35.5. The molecule has 5 nitrogen and oxygen atoms in total. The summed E-state index contributed by atoms with van der Waals surface area (Å²) in [4.78, 5) is 11.4. The molecule has 8 heteroatoms. The van der Waals surface area contributed by atoms with E-state index >= 15 is 0 Å². The van der Waals surface area contributed by atoms with E-state index in [4.69, 9.17) is 23.2 Å². The topological polar surface area (TPSA) is 66.5 Å². The van der Waals surface area contributed by atoms with E-state index in [9.17, 15) is 13.2 Å². The van der Waals surface area contributed by atoms with Gasteiger partial charge in [0.25, 0.3) is 10.0 Å². The number of nitrogens with one attached hydrogen (secondary N) is 1. The fourth-order valence-electron chi connectivity index (χ4n) is 2.24. The van der Waals surface area contributed by atoms with Gasteiger partial charge in [0.05, 0.1) is 5.02 Å². The number of hydrazine groups is 1. The third-order valence-electron chi connectivity index (χ3n) is 3.58. The third kappa shape index (κ3) is 4.73. The van der Waals surface area contributed by atoms with Crippen molar-refractivity contribution in [2.45, 2.75) is 25.2 Å². The van der Waals surface area contributed by atoms with Gasteiger partial charge in [0, 0.05) is 18.5 Å². The summed E-state index contributed by atoms with van der Waals surface area (Å²) in [5.41, 5.74) is 3.78. The van der Waals surface area contributed by atoms with Crippen LogP contribution in [0.4, 0.5) is 0 Å². The normalized spacial score (nSPS) is 11.6. The minimum atomic E-state index is -4.03. The molecule has 0 saturated carbocycles. The van der Waals surface area contributed by atoms with Gasteiger partial charge in [-0.15, -0.1) is 4.41 Å². The standard InChI is InChI=1S/C17H18Cl2N2O3S/c1-12-15(18)8-9-16(17(12)19)25(23,24)21(20-13(2)22)11-10-14-6-4-3-5-7-14/h3-9H,10-11H2,1-2H3,(H,20,22). The van der Waals surface area contributed by atoms with Gasteiger partial charge in [-0.2, -0.15) is 0 Å². The number of sulfonamides is 1. The van der Waals surface area contributed by atoms with Crippen LogP contribution in [0.15, 0.2) is 47.4 Å². The zero-order valence-corrected chi connectivity index (χ0v) is 16.1. The molecule has 0 aliphatic heterocycles. The fraction of sp³-hybridized carbons (Fsp3) is 0.235. The summed E-state index contributed by atoms with van der Waals surface area (Å²) in [6.07, 6.45) is 0.435. The Hall–Kier alpha value is -1.60. The molecule has 0 unspecified atom stereocenters. The summed E-state index contributed by atoms with van der Waals surface area (Å²) in [6, 6.07) is 12.2. The minimum absolute atomic E-state index is 0.0440. The minimum Gasteiger partial charge on any atom is -0.275 e. The van der Waals surface area contributed by atoms with Gasteiger partial charge in [0.2, 0.25) is 5.91 Å². The van der Waals surface area contributed by atoms with Crippen molar-refractivity contribution in [2.24, 2.45) is 0 Å². The van der Waals surface area contributed by atoms with Crippen LogP contribution in [-0.2, 0) is 21.2 Å². The van der Waals surface area contributed by atoms with Crippen LogP contribution < -0.4 is 5.43 Å². The Labute approximate surface area is 157 Å². The van der Waals surface area contributed by atoms with E-state index < -0.39 is 15.9 Å². The SMILES string of the molecule is CC(=O)NN(CCc1ccccc1)S(=O)(=O)c1ccc(Cl)c(C)c1Cl. The van der Waals surface area contributed by atoms with Crippen LogP contribution in [0.5, 0.6) is 0 Å². The Morgan fingerprint density at radius 2 is 1.76 bits per heavy atom. The number of carbonyl (C=O) groups is 1. The smallest absolute Gasteiger partial charge is 0.261 e. The Bertz CT molecular complexity index is 871. The van der Waals surface area contributed by atoms with E-state index in [-0.39, 0.29) is 16.5 Å². The Balaban J connectivity index is 2.35. The number of hydrogen-bond donors (Lipinski definition) is 1. The van der Waals surface area contributed by atoms with Crippen LogP contribution in [0.1, 0.15) is 18.1 Å². The zero-order chi connectivity index (χ0) is 18.6. The fourth-order valence-corrected chi connectivity index (χ4v) is 4.34. The molecule has 0 radical (unpaired) electrons. The molecule has 25 heavy (non-hydrogen) atoms. The lowest BCUT2D eigenvalue weighted by Gasteiger charge is -2.23. The highest BCUT2D eigenvalue weighted by Crippen LogP contribution is 2.31. The lowest BCUT2D eigenvalue weighted by molar-refractivity contribution is -0.121. The van der Waals surface area contributed by atoms with Gasteiger partial charge in [-0.1, -0.05) is 53.5 Å². The third-order valence-corrected chi connectivity index (χ3v) is 6.34. The van der Waals surface area contributed by atoms with Crippen LogP contribution in [0, 0.1) is 6.92 Å². The number of hydrogen-bond acceptors (Lipinski definition) is 3. The van der Waals surface area contributed by atoms with Crippen molar-refractivity contribution >= 4 is 39.1 Å². The monoisotopic (exact) mass is 400 g/mol. The van der Waals surface area contributed by atoms with Crippen LogP contribution in [0.3, 0.4) is 0 Å². The predicted molar refractivity (Wildman–Crippen MR) is 99.1 cm³/mol. The van der Waals surface area contributed by atoms with Gasteiger partial charge in [0.15, 0.2) is 0 Å². The molecule has 0 heterocycles. The first kappa shape index (κ1) is 19.7. The Kier molecular flexibility index (Phi) is 6.46. The molecule has 0 spiro atoms. The van der Waals surface area contributed by atoms with Gasteiger partial charge in [-0.25, -0.2) is 8.42 Å². The summed E-state index contributed by atoms with van der Waals surface area (Å²) < 4.78 is 26.8. The molecule has 2 aromatic rings. The van der Waals surface area contributed by atoms with E-state index in [1.807, 2.05) is 30.3 Å². The number of rotatable bonds is 6. The van der Waals surface area contributed by atoms with Gasteiger partial charge in [-0.3, -0.25) is 10.2 Å². The molecule has 1 amide bonds. The average Bonchev–Trinajstić information content (AvgIpc) is 2.56. The van der Waals surface area contributed by atoms with Crippen molar-refractivity contribution in [1.82, 2.24) is 9.84 Å². The van der Waals surface area contributed by atoms with E-state index in [1.165, 1.54) is 19.1 Å². The van der Waals surface area contributed by atoms with Gasteiger partial charge in [-0.05, 0) is 36.6 Å². The number of halogens is 2. The lowest BCUT2D eigenvalue weighted by atomic mass is 10.2. The molecule has 2 aromatic carbocycles. The summed E-state index contributed by atoms with van der Waals surface area (Å²) >= 11 is 12.2. The molecule has 0 bridgehead atoms. The highest BCUT2D eigenvalue weighted by molar-refractivity contribution is 7.89. The van der Waals surface area contributed by atoms with Crippen LogP contribution in [0.2, 0.25) is 10.0 Å². The van der Waals surface area contributed by atoms with Gasteiger partial charge < -0.3 is 0 Å². The van der Waals surface area contributed by atoms with Crippen molar-refractivity contribution in [3.63, 3.8) is 0 Å². The van der Waals surface area contributed by atoms with Crippen LogP contribution in [-0.4, -0.2) is 25.3 Å². The van der Waals surface area contributed by atoms with Crippen LogP contribution in [0.25, 0.3) is 0 Å². The molecule has 2 rings (SSSR count). The summed E-state index contributed by atoms with van der Waals surface area (Å²) in [5, 5.41) is 0.418. The molecule has 0 aromatic heterocycles. The molecule has 0 aliphatic rings. The van der Waals surface area contributed by atoms with E-state index in [0.29, 0.717) is 17.0 Å². The summed E-state index contributed by atoms with van der Waals surface area (Å²) in [7, 11) is -4.03. The van der Waals surface area contributed by atoms with Gasteiger partial charge in [0.1, 0.15) is 4.90 Å². The number of benzene rings is 2. The van der Waals surface area contributed by atoms with Gasteiger partial charge >= 0.3 is 0 Å². The first-order valence-corrected chi connectivity index (χ1v) is 9.71. The number of amides is 1. The zero-order valence-electron chi connectivity index (χ0n) is 13.8. The molecule has 134 valence electrons. The van der Waals surface area contributed by atoms with Crippen molar-refractivity contribution < 1.29 is 13.2 Å². The molecule has 0 fully saturated rings. The predicted octanol–water partition coefficient (Wildman–Crippen LogP) is 3.59. The Morgan fingerprint density at radius 3 is 2.36 bits per heavy atom. The maximum atomic E-state index is 13.0. The first-order valence-electron chi connectivity index (χ1n) is 7.52. The number of carbonyl (C=O) groups excluding carboxylic acids is 1. The maximum absolute atomic E-state index is 13.0. The summed E-state index contributed by atoms with van der Waals surface area (Å²) in [6.45, 7) is 2.96. The molecule has 0 saturated heterocycles. The second-order valence-electron chi connectivity index (χ2n) is 5.47. The largest absolute Gasteiger partial charge is 0.275 e. The summed E-state index contributed by atoms with van der Waals surface area (Å²) in [5.74, 6) is -0.488. The average molecular weight is 401 g/mol. The molecular weight excluding hydrogens is 383 g/mol. The molecule has 0 atom stereocenters. The highest BCUT2D eigenvalue weighted by Gasteiger charge is 2.28. The molecular formula is C17H18Cl2N2O3S. The van der Waals surface area contributed by atoms with Crippen molar-refractivity contribution in [3.05, 3.63) is 63.6 Å². The Morgan fingerprint density at radius 1 is 1.12 bits per heavy atom. The molecule has 1 N–H and O–H groups in total. The second kappa shape index (κ2) is 8.19. The van der Waals surface area contributed by atoms with Crippen molar-refractivity contribution in [3.8, 4) is 0 Å². The van der Waals surface area contributed by atoms with E-state index in [2.05, 4.69) is 5.43 Å². The van der Waals surface area contributed by atoms with E-state index in [0.717, 1.165) is 9.98 Å². The second-order valence-corrected chi connectivity index (χ2v) is 8.08. The quantitative estimate of drug-likeness (QED) is 0.753. The van der Waals surface area contributed by atoms with E-state index in [1.54, 1.807) is 6.92 Å². The maximum Gasteiger partial charge on any atom is 0.261 e.